The molecule has 0 saturated carbocycles. The first kappa shape index (κ1) is 23.8. The van der Waals surface area contributed by atoms with Crippen LogP contribution in [0.4, 0.5) is 5.69 Å². The third-order valence-electron chi connectivity index (χ3n) is 5.30. The number of hydrogen-bond donors (Lipinski definition) is 2. The van der Waals surface area contributed by atoms with Gasteiger partial charge in [0.25, 0.3) is 10.0 Å². The van der Waals surface area contributed by atoms with Crippen LogP contribution in [0.15, 0.2) is 112 Å². The third kappa shape index (κ3) is 5.23. The van der Waals surface area contributed by atoms with Crippen LogP contribution in [-0.2, 0) is 15.6 Å². The molecule has 4 nitrogen and oxygen atoms in total. The van der Waals surface area contributed by atoms with Gasteiger partial charge >= 0.3 is 0 Å². The fraction of sp³-hybridized carbons (Fsp3) is 0.0714. The fourth-order valence-corrected chi connectivity index (χ4v) is 4.93. The summed E-state index contributed by atoms with van der Waals surface area (Å²) in [6.07, 6.45) is 0. The van der Waals surface area contributed by atoms with Crippen molar-refractivity contribution >= 4 is 31.6 Å². The highest BCUT2D eigenvalue weighted by atomic mass is 79.9. The van der Waals surface area contributed by atoms with Gasteiger partial charge in [0, 0.05) is 21.2 Å². The summed E-state index contributed by atoms with van der Waals surface area (Å²) >= 11 is 3.45. The Bertz CT molecular complexity index is 1460. The number of aliphatic hydroxyl groups is 1. The number of aryl methyl sites for hydroxylation is 1. The highest BCUT2D eigenvalue weighted by Gasteiger charge is 2.33. The van der Waals surface area contributed by atoms with Crippen molar-refractivity contribution in [3.8, 4) is 11.8 Å². The topological polar surface area (TPSA) is 66.4 Å². The van der Waals surface area contributed by atoms with Crippen molar-refractivity contribution in [2.45, 2.75) is 17.4 Å². The number of anilines is 1. The van der Waals surface area contributed by atoms with E-state index < -0.39 is 15.6 Å². The monoisotopic (exact) mass is 531 g/mol. The molecule has 4 aromatic carbocycles. The Kier molecular flexibility index (Phi) is 6.90. The molecular weight excluding hydrogens is 510 g/mol. The summed E-state index contributed by atoms with van der Waals surface area (Å²) in [5.74, 6) is 6.03. The van der Waals surface area contributed by atoms with Gasteiger partial charge in [-0.05, 0) is 49.4 Å². The molecule has 34 heavy (non-hydrogen) atoms. The summed E-state index contributed by atoms with van der Waals surface area (Å²) in [5.41, 5.74) is 0.968. The van der Waals surface area contributed by atoms with Crippen molar-refractivity contribution in [1.29, 1.82) is 0 Å². The van der Waals surface area contributed by atoms with E-state index in [2.05, 4.69) is 32.5 Å². The van der Waals surface area contributed by atoms with Gasteiger partial charge in [0.1, 0.15) is 0 Å². The molecule has 0 amide bonds. The maximum absolute atomic E-state index is 13.2. The van der Waals surface area contributed by atoms with Crippen molar-refractivity contribution in [3.05, 3.63) is 130 Å². The van der Waals surface area contributed by atoms with E-state index in [1.807, 2.05) is 43.3 Å². The number of sulfonamides is 1. The lowest BCUT2D eigenvalue weighted by atomic mass is 9.85. The molecule has 4 aromatic rings. The molecule has 0 heterocycles. The maximum atomic E-state index is 13.2. The zero-order valence-corrected chi connectivity index (χ0v) is 20.8. The highest BCUT2D eigenvalue weighted by Crippen LogP contribution is 2.37. The minimum Gasteiger partial charge on any atom is -0.369 e. The molecule has 0 aliphatic carbocycles. The summed E-state index contributed by atoms with van der Waals surface area (Å²) < 4.78 is 29.6. The zero-order chi connectivity index (χ0) is 24.2. The molecule has 0 fully saturated rings. The van der Waals surface area contributed by atoms with Crippen molar-refractivity contribution in [2.75, 3.05) is 4.72 Å². The van der Waals surface area contributed by atoms with Crippen LogP contribution in [0.2, 0.25) is 0 Å². The van der Waals surface area contributed by atoms with Crippen LogP contribution in [0, 0.1) is 18.8 Å². The van der Waals surface area contributed by atoms with E-state index in [1.54, 1.807) is 66.7 Å². The SMILES string of the molecule is Cc1ccc(S(=O)(=O)Nc2ccc(Br)cc2C(O)(C#Cc2ccccc2)c2ccccc2)cc1. The summed E-state index contributed by atoms with van der Waals surface area (Å²) in [4.78, 5) is 0.130. The summed E-state index contributed by atoms with van der Waals surface area (Å²) in [6, 6.07) is 29.9. The second-order valence-electron chi connectivity index (χ2n) is 7.80. The molecule has 0 aliphatic rings. The van der Waals surface area contributed by atoms with E-state index in [0.29, 0.717) is 15.6 Å². The zero-order valence-electron chi connectivity index (χ0n) is 18.4. The Labute approximate surface area is 208 Å². The van der Waals surface area contributed by atoms with Crippen molar-refractivity contribution < 1.29 is 13.5 Å². The predicted octanol–water partition coefficient (Wildman–Crippen LogP) is 5.85. The quantitative estimate of drug-likeness (QED) is 0.317. The molecule has 0 saturated heterocycles. The Hall–Kier alpha value is -3.37. The van der Waals surface area contributed by atoms with Gasteiger partial charge in [0.05, 0.1) is 10.6 Å². The van der Waals surface area contributed by atoms with Crippen molar-refractivity contribution in [2.24, 2.45) is 0 Å². The molecule has 0 aromatic heterocycles. The maximum Gasteiger partial charge on any atom is 0.261 e. The van der Waals surface area contributed by atoms with Crippen LogP contribution in [0.1, 0.15) is 22.3 Å². The molecule has 0 bridgehead atoms. The Morgan fingerprint density at radius 2 is 1.47 bits per heavy atom. The molecule has 1 unspecified atom stereocenters. The van der Waals surface area contributed by atoms with E-state index >= 15 is 0 Å². The number of hydrogen-bond acceptors (Lipinski definition) is 3. The van der Waals surface area contributed by atoms with Crippen molar-refractivity contribution in [3.63, 3.8) is 0 Å². The number of halogens is 1. The second-order valence-corrected chi connectivity index (χ2v) is 10.4. The standard InChI is InChI=1S/C28H22BrNO3S/c1-21-12-15-25(16-13-21)34(32,33)30-27-17-14-24(29)20-26(27)28(31,23-10-6-3-7-11-23)19-18-22-8-4-2-5-9-22/h2-17,20,30-31H,1H3. The summed E-state index contributed by atoms with van der Waals surface area (Å²) in [5, 5.41) is 12.0. The smallest absolute Gasteiger partial charge is 0.261 e. The van der Waals surface area contributed by atoms with E-state index in [0.717, 1.165) is 11.1 Å². The Morgan fingerprint density at radius 3 is 2.12 bits per heavy atom. The van der Waals surface area contributed by atoms with Gasteiger partial charge in [-0.1, -0.05) is 94.0 Å². The van der Waals surface area contributed by atoms with Crippen LogP contribution in [-0.4, -0.2) is 13.5 Å². The van der Waals surface area contributed by atoms with E-state index in [4.69, 9.17) is 0 Å². The van der Waals surface area contributed by atoms with Crippen LogP contribution < -0.4 is 4.72 Å². The third-order valence-corrected chi connectivity index (χ3v) is 7.17. The molecule has 0 aliphatic heterocycles. The van der Waals surface area contributed by atoms with E-state index in [9.17, 15) is 13.5 Å². The molecule has 2 N–H and O–H groups in total. The number of benzene rings is 4. The molecule has 6 heteroatoms. The number of nitrogens with one attached hydrogen (secondary N) is 1. The van der Waals surface area contributed by atoms with Crippen LogP contribution in [0.5, 0.6) is 0 Å². The largest absolute Gasteiger partial charge is 0.369 e. The molecule has 1 atom stereocenters. The lowest BCUT2D eigenvalue weighted by Gasteiger charge is -2.27. The summed E-state index contributed by atoms with van der Waals surface area (Å²) in [6.45, 7) is 1.89. The van der Waals surface area contributed by atoms with Crippen LogP contribution in [0.25, 0.3) is 0 Å². The average Bonchev–Trinajstić information content (AvgIpc) is 2.85. The lowest BCUT2D eigenvalue weighted by molar-refractivity contribution is 0.146. The van der Waals surface area contributed by atoms with Gasteiger partial charge < -0.3 is 5.11 Å². The first-order chi connectivity index (χ1) is 16.3. The van der Waals surface area contributed by atoms with Crippen LogP contribution in [0.3, 0.4) is 0 Å². The minimum absolute atomic E-state index is 0.130. The molecule has 170 valence electrons. The molecule has 0 spiro atoms. The molecule has 4 rings (SSSR count). The predicted molar refractivity (Wildman–Crippen MR) is 139 cm³/mol. The first-order valence-electron chi connectivity index (χ1n) is 10.5. The highest BCUT2D eigenvalue weighted by molar-refractivity contribution is 9.10. The molecule has 0 radical (unpaired) electrons. The van der Waals surface area contributed by atoms with Gasteiger partial charge in [0.2, 0.25) is 0 Å². The Morgan fingerprint density at radius 1 is 0.853 bits per heavy atom. The lowest BCUT2D eigenvalue weighted by Crippen LogP contribution is -2.28. The van der Waals surface area contributed by atoms with E-state index in [-0.39, 0.29) is 10.6 Å². The van der Waals surface area contributed by atoms with E-state index in [1.165, 1.54) is 0 Å². The van der Waals surface area contributed by atoms with Gasteiger partial charge in [-0.3, -0.25) is 4.72 Å². The normalized spacial score (nSPS) is 12.8. The average molecular weight is 532 g/mol. The Balaban J connectivity index is 1.87. The first-order valence-corrected chi connectivity index (χ1v) is 12.8. The van der Waals surface area contributed by atoms with Gasteiger partial charge in [0.15, 0.2) is 5.60 Å². The van der Waals surface area contributed by atoms with Crippen molar-refractivity contribution in [1.82, 2.24) is 0 Å². The van der Waals surface area contributed by atoms with Crippen LogP contribution >= 0.6 is 15.9 Å². The minimum atomic E-state index is -3.90. The van der Waals surface area contributed by atoms with Gasteiger partial charge in [-0.2, -0.15) is 0 Å². The fourth-order valence-electron chi connectivity index (χ4n) is 3.48. The van der Waals surface area contributed by atoms with Gasteiger partial charge in [-0.15, -0.1) is 0 Å². The second kappa shape index (κ2) is 9.86. The molecular formula is C28H22BrNO3S. The summed E-state index contributed by atoms with van der Waals surface area (Å²) in [7, 11) is -3.90. The van der Waals surface area contributed by atoms with Gasteiger partial charge in [-0.25, -0.2) is 8.42 Å². The number of rotatable bonds is 5.